The van der Waals surface area contributed by atoms with E-state index in [2.05, 4.69) is 15.3 Å². The van der Waals surface area contributed by atoms with Crippen LogP contribution in [0, 0.1) is 0 Å². The second-order valence-corrected chi connectivity index (χ2v) is 6.70. The molecule has 0 radical (unpaired) electrons. The Morgan fingerprint density at radius 2 is 1.94 bits per heavy atom. The molecule has 1 aromatic carbocycles. The number of benzene rings is 1. The molecule has 0 aliphatic rings. The van der Waals surface area contributed by atoms with Crippen molar-refractivity contribution in [2.45, 2.75) is 6.92 Å². The number of anilines is 1. The molecular formula is C23H17N3O7. The van der Waals surface area contributed by atoms with Gasteiger partial charge in [-0.3, -0.25) is 19.9 Å². The van der Waals surface area contributed by atoms with Gasteiger partial charge in [-0.25, -0.2) is 9.59 Å². The molecule has 0 saturated carbocycles. The standard InChI is InChI=1S/C23H17N3O7/c1-2-31-23(30)25-15-10-19(33-22(29)13-6-5-9-24-12-13)21(28)26-20(15)18-11-16(27)14-7-3-4-8-17(14)32-18/h3-12H,2H2,1H3,(H,25,30)(H,26,28). The van der Waals surface area contributed by atoms with E-state index >= 15 is 0 Å². The Labute approximate surface area is 185 Å². The van der Waals surface area contributed by atoms with E-state index in [-0.39, 0.29) is 46.1 Å². The molecule has 166 valence electrons. The highest BCUT2D eigenvalue weighted by molar-refractivity contribution is 5.92. The number of hydrogen-bond donors (Lipinski definition) is 2. The maximum atomic E-state index is 12.7. The van der Waals surface area contributed by atoms with Gasteiger partial charge in [-0.15, -0.1) is 0 Å². The first-order chi connectivity index (χ1) is 16.0. The molecular weight excluding hydrogens is 430 g/mol. The number of para-hydroxylation sites is 1. The van der Waals surface area contributed by atoms with Crippen molar-refractivity contribution >= 4 is 28.7 Å². The molecule has 1 amide bonds. The van der Waals surface area contributed by atoms with Crippen molar-refractivity contribution in [2.24, 2.45) is 0 Å². The van der Waals surface area contributed by atoms with Crippen molar-refractivity contribution in [1.29, 1.82) is 0 Å². The van der Waals surface area contributed by atoms with Crippen molar-refractivity contribution in [1.82, 2.24) is 9.97 Å². The smallest absolute Gasteiger partial charge is 0.411 e. The molecule has 4 aromatic rings. The Hall–Kier alpha value is -4.73. The molecule has 2 N–H and O–H groups in total. The molecule has 0 atom stereocenters. The molecule has 0 saturated heterocycles. The second kappa shape index (κ2) is 9.18. The number of H-pyrrole nitrogens is 1. The Kier molecular flexibility index (Phi) is 5.98. The summed E-state index contributed by atoms with van der Waals surface area (Å²) in [6.45, 7) is 1.72. The Bertz CT molecular complexity index is 1460. The van der Waals surface area contributed by atoms with Gasteiger partial charge in [0.1, 0.15) is 11.3 Å². The number of esters is 1. The summed E-state index contributed by atoms with van der Waals surface area (Å²) in [7, 11) is 0. The molecule has 3 heterocycles. The summed E-state index contributed by atoms with van der Waals surface area (Å²) >= 11 is 0. The van der Waals surface area contributed by atoms with Gasteiger partial charge in [-0.05, 0) is 31.2 Å². The van der Waals surface area contributed by atoms with E-state index in [1.54, 1.807) is 37.3 Å². The summed E-state index contributed by atoms with van der Waals surface area (Å²) in [5, 5.41) is 2.81. The van der Waals surface area contributed by atoms with Crippen LogP contribution in [-0.4, -0.2) is 28.6 Å². The normalized spacial score (nSPS) is 10.6. The van der Waals surface area contributed by atoms with Crippen LogP contribution in [0.3, 0.4) is 0 Å². The van der Waals surface area contributed by atoms with Gasteiger partial charge in [-0.2, -0.15) is 0 Å². The number of rotatable bonds is 5. The van der Waals surface area contributed by atoms with E-state index in [4.69, 9.17) is 13.9 Å². The highest BCUT2D eigenvalue weighted by atomic mass is 16.5. The van der Waals surface area contributed by atoms with Crippen LogP contribution in [0.5, 0.6) is 5.75 Å². The zero-order valence-electron chi connectivity index (χ0n) is 17.3. The van der Waals surface area contributed by atoms with Gasteiger partial charge in [0.25, 0.3) is 5.56 Å². The van der Waals surface area contributed by atoms with Gasteiger partial charge >= 0.3 is 12.1 Å². The number of carbonyl (C=O) groups is 2. The highest BCUT2D eigenvalue weighted by Crippen LogP contribution is 2.29. The summed E-state index contributed by atoms with van der Waals surface area (Å²) in [5.41, 5.74) is -0.719. The minimum Gasteiger partial charge on any atom is -0.454 e. The van der Waals surface area contributed by atoms with Gasteiger partial charge < -0.3 is 18.9 Å². The average Bonchev–Trinajstić information content (AvgIpc) is 2.81. The average molecular weight is 447 g/mol. The third-order valence-electron chi connectivity index (χ3n) is 4.50. The number of pyridine rings is 2. The minimum absolute atomic E-state index is 0.000433. The zero-order valence-corrected chi connectivity index (χ0v) is 17.3. The zero-order chi connectivity index (χ0) is 23.4. The predicted octanol–water partition coefficient (Wildman–Crippen LogP) is 3.33. The fourth-order valence-electron chi connectivity index (χ4n) is 3.03. The number of aromatic amines is 1. The van der Waals surface area contributed by atoms with Crippen molar-refractivity contribution < 1.29 is 23.5 Å². The molecule has 3 aromatic heterocycles. The fourth-order valence-corrected chi connectivity index (χ4v) is 3.03. The van der Waals surface area contributed by atoms with E-state index in [0.717, 1.165) is 6.07 Å². The lowest BCUT2D eigenvalue weighted by Gasteiger charge is -2.12. The second-order valence-electron chi connectivity index (χ2n) is 6.70. The van der Waals surface area contributed by atoms with Crippen molar-refractivity contribution in [3.63, 3.8) is 0 Å². The molecule has 0 aliphatic carbocycles. The number of hydrogen-bond acceptors (Lipinski definition) is 8. The van der Waals surface area contributed by atoms with Gasteiger partial charge in [0.15, 0.2) is 16.9 Å². The lowest BCUT2D eigenvalue weighted by Crippen LogP contribution is -2.20. The van der Waals surface area contributed by atoms with Crippen LogP contribution in [0.4, 0.5) is 10.5 Å². The molecule has 33 heavy (non-hydrogen) atoms. The molecule has 10 nitrogen and oxygen atoms in total. The first-order valence-corrected chi connectivity index (χ1v) is 9.83. The number of aromatic nitrogens is 2. The SMILES string of the molecule is CCOC(=O)Nc1cc(OC(=O)c2cccnc2)c(=O)[nH]c1-c1cc(=O)c2ccccc2o1. The van der Waals surface area contributed by atoms with Crippen molar-refractivity contribution in [2.75, 3.05) is 11.9 Å². The molecule has 0 fully saturated rings. The van der Waals surface area contributed by atoms with E-state index in [9.17, 15) is 19.2 Å². The number of nitrogens with one attached hydrogen (secondary N) is 2. The number of ether oxygens (including phenoxy) is 2. The Balaban J connectivity index is 1.80. The summed E-state index contributed by atoms with van der Waals surface area (Å²) in [6, 6.07) is 11.9. The number of nitrogens with zero attached hydrogens (tertiary/aromatic N) is 1. The quantitative estimate of drug-likeness (QED) is 0.444. The van der Waals surface area contributed by atoms with Crippen LogP contribution >= 0.6 is 0 Å². The number of fused-ring (bicyclic) bond motifs is 1. The minimum atomic E-state index is -0.821. The van der Waals surface area contributed by atoms with Crippen LogP contribution in [0.2, 0.25) is 0 Å². The van der Waals surface area contributed by atoms with Gasteiger partial charge in [0, 0.05) is 24.5 Å². The van der Waals surface area contributed by atoms with E-state index in [0.29, 0.717) is 5.39 Å². The first kappa shape index (κ1) is 21.5. The number of carbonyl (C=O) groups excluding carboxylic acids is 2. The Morgan fingerprint density at radius 1 is 1.12 bits per heavy atom. The van der Waals surface area contributed by atoms with Crippen molar-refractivity contribution in [3.8, 4) is 17.2 Å². The Morgan fingerprint density at radius 3 is 2.70 bits per heavy atom. The van der Waals surface area contributed by atoms with E-state index in [1.807, 2.05) is 0 Å². The summed E-state index contributed by atoms with van der Waals surface area (Å²) in [4.78, 5) is 56.0. The third-order valence-corrected chi connectivity index (χ3v) is 4.50. The summed E-state index contributed by atoms with van der Waals surface area (Å²) in [6.07, 6.45) is 1.95. The van der Waals surface area contributed by atoms with Gasteiger partial charge in [0.2, 0.25) is 0 Å². The predicted molar refractivity (Wildman–Crippen MR) is 118 cm³/mol. The lowest BCUT2D eigenvalue weighted by atomic mass is 10.1. The van der Waals surface area contributed by atoms with Gasteiger partial charge in [-0.1, -0.05) is 12.1 Å². The topological polar surface area (TPSA) is 141 Å². The lowest BCUT2D eigenvalue weighted by molar-refractivity contribution is 0.0732. The van der Waals surface area contributed by atoms with Crippen LogP contribution in [-0.2, 0) is 4.74 Å². The van der Waals surface area contributed by atoms with E-state index < -0.39 is 17.6 Å². The third kappa shape index (κ3) is 4.64. The summed E-state index contributed by atoms with van der Waals surface area (Å²) < 4.78 is 15.9. The van der Waals surface area contributed by atoms with Crippen molar-refractivity contribution in [3.05, 3.63) is 87.1 Å². The molecule has 10 heteroatoms. The van der Waals surface area contributed by atoms with Crippen LogP contribution < -0.4 is 21.0 Å². The number of amides is 1. The maximum Gasteiger partial charge on any atom is 0.411 e. The first-order valence-electron chi connectivity index (χ1n) is 9.83. The van der Waals surface area contributed by atoms with Crippen LogP contribution in [0.25, 0.3) is 22.4 Å². The molecule has 0 bridgehead atoms. The monoisotopic (exact) mass is 447 g/mol. The largest absolute Gasteiger partial charge is 0.454 e. The molecule has 0 unspecified atom stereocenters. The van der Waals surface area contributed by atoms with Crippen LogP contribution in [0.15, 0.2) is 74.9 Å². The van der Waals surface area contributed by atoms with Crippen LogP contribution in [0.1, 0.15) is 17.3 Å². The van der Waals surface area contributed by atoms with E-state index in [1.165, 1.54) is 24.5 Å². The fraction of sp³-hybridized carbons (Fsp3) is 0.0870. The molecule has 0 aliphatic heterocycles. The molecule has 4 rings (SSSR count). The van der Waals surface area contributed by atoms with Gasteiger partial charge in [0.05, 0.1) is 23.2 Å². The molecule has 0 spiro atoms. The maximum absolute atomic E-state index is 12.7. The highest BCUT2D eigenvalue weighted by Gasteiger charge is 2.19. The summed E-state index contributed by atoms with van der Waals surface area (Å²) in [5.74, 6) is -1.21.